The summed E-state index contributed by atoms with van der Waals surface area (Å²) in [6.45, 7) is 5.90. The number of carbonyl (C=O) groups excluding carboxylic acids is 1. The Labute approximate surface area is 112 Å². The van der Waals surface area contributed by atoms with Crippen molar-refractivity contribution in [1.29, 1.82) is 0 Å². The molecule has 0 unspecified atom stereocenters. The summed E-state index contributed by atoms with van der Waals surface area (Å²) in [5.41, 5.74) is 4.09. The van der Waals surface area contributed by atoms with E-state index in [1.165, 1.54) is 12.7 Å². The van der Waals surface area contributed by atoms with Crippen LogP contribution in [0.3, 0.4) is 0 Å². The number of hydrogen-bond acceptors (Lipinski definition) is 4. The largest absolute Gasteiger partial charge is 0.481 e. The van der Waals surface area contributed by atoms with Crippen molar-refractivity contribution < 1.29 is 14.3 Å². The second kappa shape index (κ2) is 5.26. The van der Waals surface area contributed by atoms with Crippen LogP contribution in [0.4, 0.5) is 0 Å². The minimum Gasteiger partial charge on any atom is -0.481 e. The first-order valence-corrected chi connectivity index (χ1v) is 6.10. The van der Waals surface area contributed by atoms with Crippen LogP contribution in [-0.4, -0.2) is 24.7 Å². The Balaban J connectivity index is 2.49. The molecule has 0 saturated heterocycles. The van der Waals surface area contributed by atoms with Crippen LogP contribution in [0.2, 0.25) is 0 Å². The van der Waals surface area contributed by atoms with Crippen LogP contribution in [0.1, 0.15) is 16.8 Å². The highest BCUT2D eigenvalue weighted by Gasteiger charge is 2.10. The number of pyridine rings is 1. The first kappa shape index (κ1) is 13.3. The van der Waals surface area contributed by atoms with Crippen LogP contribution < -0.4 is 4.74 Å². The summed E-state index contributed by atoms with van der Waals surface area (Å²) >= 11 is 0. The van der Waals surface area contributed by atoms with E-state index in [2.05, 4.69) is 9.72 Å². The van der Waals surface area contributed by atoms with Gasteiger partial charge in [-0.2, -0.15) is 0 Å². The van der Waals surface area contributed by atoms with Gasteiger partial charge in [0.05, 0.1) is 12.6 Å². The number of ether oxygens (including phenoxy) is 2. The van der Waals surface area contributed by atoms with E-state index in [1.54, 1.807) is 0 Å². The highest BCUT2D eigenvalue weighted by atomic mass is 16.6. The molecular formula is C15H17NO3. The molecule has 0 amide bonds. The van der Waals surface area contributed by atoms with Crippen molar-refractivity contribution in [3.05, 3.63) is 35.0 Å². The molecule has 0 saturated carbocycles. The molecule has 4 nitrogen and oxygen atoms in total. The lowest BCUT2D eigenvalue weighted by Gasteiger charge is -2.12. The van der Waals surface area contributed by atoms with Gasteiger partial charge in [-0.25, -0.2) is 4.79 Å². The van der Waals surface area contributed by atoms with E-state index in [1.807, 2.05) is 39.0 Å². The molecule has 1 aromatic carbocycles. The molecule has 0 aliphatic heterocycles. The van der Waals surface area contributed by atoms with Gasteiger partial charge in [0.1, 0.15) is 5.75 Å². The fourth-order valence-corrected chi connectivity index (χ4v) is 1.94. The van der Waals surface area contributed by atoms with E-state index >= 15 is 0 Å². The zero-order valence-corrected chi connectivity index (χ0v) is 11.6. The fraction of sp³-hybridized carbons (Fsp3) is 0.333. The average Bonchev–Trinajstić information content (AvgIpc) is 2.40. The Bertz CT molecular complexity index is 635. The van der Waals surface area contributed by atoms with Gasteiger partial charge in [-0.3, -0.25) is 4.98 Å². The maximum absolute atomic E-state index is 11.2. The number of aryl methyl sites for hydroxylation is 3. The van der Waals surface area contributed by atoms with Gasteiger partial charge in [0, 0.05) is 17.1 Å². The number of fused-ring (bicyclic) bond motifs is 1. The van der Waals surface area contributed by atoms with E-state index in [4.69, 9.17) is 4.74 Å². The number of aromatic nitrogens is 1. The van der Waals surface area contributed by atoms with Gasteiger partial charge in [0.15, 0.2) is 6.61 Å². The summed E-state index contributed by atoms with van der Waals surface area (Å²) in [6, 6.07) is 5.83. The second-order valence-electron chi connectivity index (χ2n) is 4.53. The molecule has 0 radical (unpaired) electrons. The lowest BCUT2D eigenvalue weighted by Crippen LogP contribution is -2.13. The number of benzene rings is 1. The maximum atomic E-state index is 11.2. The molecule has 19 heavy (non-hydrogen) atoms. The second-order valence-corrected chi connectivity index (χ2v) is 4.53. The van der Waals surface area contributed by atoms with Crippen molar-refractivity contribution in [2.75, 3.05) is 13.7 Å². The van der Waals surface area contributed by atoms with Crippen LogP contribution in [0.5, 0.6) is 5.75 Å². The fourth-order valence-electron chi connectivity index (χ4n) is 1.94. The average molecular weight is 259 g/mol. The molecule has 0 aliphatic carbocycles. The first-order valence-electron chi connectivity index (χ1n) is 6.10. The maximum Gasteiger partial charge on any atom is 0.343 e. The number of nitrogens with zero attached hydrogens (tertiary/aromatic N) is 1. The Morgan fingerprint density at radius 3 is 2.68 bits per heavy atom. The monoisotopic (exact) mass is 259 g/mol. The van der Waals surface area contributed by atoms with Gasteiger partial charge in [-0.15, -0.1) is 0 Å². The van der Waals surface area contributed by atoms with E-state index in [0.717, 1.165) is 22.2 Å². The molecule has 2 rings (SSSR count). The number of rotatable bonds is 3. The van der Waals surface area contributed by atoms with E-state index < -0.39 is 5.97 Å². The van der Waals surface area contributed by atoms with Gasteiger partial charge >= 0.3 is 5.97 Å². The van der Waals surface area contributed by atoms with Crippen molar-refractivity contribution in [2.24, 2.45) is 0 Å². The summed E-state index contributed by atoms with van der Waals surface area (Å²) in [7, 11) is 1.34. The Kier molecular flexibility index (Phi) is 3.69. The molecule has 2 aromatic rings. The van der Waals surface area contributed by atoms with Crippen molar-refractivity contribution in [2.45, 2.75) is 20.8 Å². The topological polar surface area (TPSA) is 48.4 Å². The quantitative estimate of drug-likeness (QED) is 0.795. The van der Waals surface area contributed by atoms with Gasteiger partial charge in [-0.1, -0.05) is 6.07 Å². The van der Waals surface area contributed by atoms with Crippen molar-refractivity contribution in [3.8, 4) is 5.75 Å². The standard InChI is InChI=1S/C15H17NO3/c1-9-5-6-12-13(19-8-14(17)18-4)7-10(2)16-15(12)11(9)3/h5-7H,8H2,1-4H3. The third-order valence-electron chi connectivity index (χ3n) is 3.17. The van der Waals surface area contributed by atoms with Crippen LogP contribution in [0.15, 0.2) is 18.2 Å². The lowest BCUT2D eigenvalue weighted by atomic mass is 10.0. The Morgan fingerprint density at radius 2 is 2.00 bits per heavy atom. The predicted molar refractivity (Wildman–Crippen MR) is 73.5 cm³/mol. The van der Waals surface area contributed by atoms with Gasteiger partial charge in [0.2, 0.25) is 0 Å². The van der Waals surface area contributed by atoms with Crippen molar-refractivity contribution in [1.82, 2.24) is 4.98 Å². The summed E-state index contributed by atoms with van der Waals surface area (Å²) in [5.74, 6) is 0.266. The SMILES string of the molecule is COC(=O)COc1cc(C)nc2c(C)c(C)ccc12. The number of esters is 1. The zero-order chi connectivity index (χ0) is 14.0. The molecule has 0 bridgehead atoms. The third-order valence-corrected chi connectivity index (χ3v) is 3.17. The summed E-state index contributed by atoms with van der Waals surface area (Å²) in [6.07, 6.45) is 0. The lowest BCUT2D eigenvalue weighted by molar-refractivity contribution is -0.142. The van der Waals surface area contributed by atoms with Gasteiger partial charge in [-0.05, 0) is 38.0 Å². The molecule has 0 spiro atoms. The Morgan fingerprint density at radius 1 is 1.26 bits per heavy atom. The zero-order valence-electron chi connectivity index (χ0n) is 11.6. The highest BCUT2D eigenvalue weighted by molar-refractivity contribution is 5.88. The number of carbonyl (C=O) groups is 1. The van der Waals surface area contributed by atoms with E-state index in [9.17, 15) is 4.79 Å². The van der Waals surface area contributed by atoms with Gasteiger partial charge < -0.3 is 9.47 Å². The minimum atomic E-state index is -0.397. The van der Waals surface area contributed by atoms with Crippen molar-refractivity contribution >= 4 is 16.9 Å². The molecule has 0 N–H and O–H groups in total. The predicted octanol–water partition coefficient (Wildman–Crippen LogP) is 2.71. The smallest absolute Gasteiger partial charge is 0.343 e. The third kappa shape index (κ3) is 2.67. The van der Waals surface area contributed by atoms with E-state index in [-0.39, 0.29) is 6.61 Å². The molecule has 100 valence electrons. The van der Waals surface area contributed by atoms with Crippen LogP contribution in [0, 0.1) is 20.8 Å². The molecule has 1 aromatic heterocycles. The molecule has 0 fully saturated rings. The molecule has 0 aliphatic rings. The van der Waals surface area contributed by atoms with Crippen molar-refractivity contribution in [3.63, 3.8) is 0 Å². The van der Waals surface area contributed by atoms with Gasteiger partial charge in [0.25, 0.3) is 0 Å². The first-order chi connectivity index (χ1) is 9.02. The number of methoxy groups -OCH3 is 1. The van der Waals surface area contributed by atoms with Crippen LogP contribution in [-0.2, 0) is 9.53 Å². The number of hydrogen-bond donors (Lipinski definition) is 0. The summed E-state index contributed by atoms with van der Waals surface area (Å²) < 4.78 is 10.1. The van der Waals surface area contributed by atoms with E-state index in [0.29, 0.717) is 5.75 Å². The molecule has 0 atom stereocenters. The van der Waals surface area contributed by atoms with Crippen LogP contribution in [0.25, 0.3) is 10.9 Å². The molecule has 4 heteroatoms. The summed E-state index contributed by atoms with van der Waals surface area (Å²) in [4.78, 5) is 15.7. The molecule has 1 heterocycles. The summed E-state index contributed by atoms with van der Waals surface area (Å²) in [5, 5.41) is 0.914. The van der Waals surface area contributed by atoms with Crippen LogP contribution >= 0.6 is 0 Å². The molecular weight excluding hydrogens is 242 g/mol. The Hall–Kier alpha value is -2.10. The minimum absolute atomic E-state index is 0.0953. The normalized spacial score (nSPS) is 10.5. The highest BCUT2D eigenvalue weighted by Crippen LogP contribution is 2.29.